The summed E-state index contributed by atoms with van der Waals surface area (Å²) in [4.78, 5) is 8.05. The van der Waals surface area contributed by atoms with Crippen molar-refractivity contribution in [3.8, 4) is 22.5 Å². The molecule has 0 fully saturated rings. The lowest BCUT2D eigenvalue weighted by Crippen LogP contribution is -2.00. The van der Waals surface area contributed by atoms with E-state index in [1.54, 1.807) is 36.4 Å². The maximum atomic E-state index is 13.8. The van der Waals surface area contributed by atoms with Crippen LogP contribution in [-0.4, -0.2) is 9.97 Å². The van der Waals surface area contributed by atoms with Crippen molar-refractivity contribution in [3.63, 3.8) is 0 Å². The molecule has 0 saturated heterocycles. The smallest absolute Gasteiger partial charge is 0.221 e. The Balaban J connectivity index is 2.18. The van der Waals surface area contributed by atoms with E-state index in [9.17, 15) is 8.78 Å². The molecule has 21 heavy (non-hydrogen) atoms. The third-order valence-electron chi connectivity index (χ3n) is 3.04. The van der Waals surface area contributed by atoms with E-state index in [0.29, 0.717) is 22.5 Å². The molecular formula is C16H11F2N3. The lowest BCUT2D eigenvalue weighted by atomic mass is 10.1. The summed E-state index contributed by atoms with van der Waals surface area (Å²) in [5.41, 5.74) is 6.89. The molecule has 5 heteroatoms. The van der Waals surface area contributed by atoms with Crippen LogP contribution in [0.5, 0.6) is 0 Å². The van der Waals surface area contributed by atoms with Crippen LogP contribution in [0.1, 0.15) is 0 Å². The second kappa shape index (κ2) is 5.28. The zero-order chi connectivity index (χ0) is 14.8. The van der Waals surface area contributed by atoms with Gasteiger partial charge in [-0.3, -0.25) is 0 Å². The number of aromatic nitrogens is 2. The summed E-state index contributed by atoms with van der Waals surface area (Å²) in [5.74, 6) is -0.876. The molecular weight excluding hydrogens is 272 g/mol. The van der Waals surface area contributed by atoms with Crippen molar-refractivity contribution in [3.05, 3.63) is 66.2 Å². The highest BCUT2D eigenvalue weighted by atomic mass is 19.1. The number of anilines is 1. The molecule has 0 aliphatic carbocycles. The maximum absolute atomic E-state index is 13.8. The summed E-state index contributed by atoms with van der Waals surface area (Å²) in [6.45, 7) is 0. The standard InChI is InChI=1S/C16H11F2N3/c17-12-7-3-1-5-10(12)14-9-15(21-16(19)20-14)11-6-2-4-8-13(11)18/h1-9H,(H2,19,20,21). The summed E-state index contributed by atoms with van der Waals surface area (Å²) >= 11 is 0. The fourth-order valence-corrected chi connectivity index (χ4v) is 2.08. The van der Waals surface area contributed by atoms with Crippen molar-refractivity contribution < 1.29 is 8.78 Å². The van der Waals surface area contributed by atoms with Crippen molar-refractivity contribution in [2.45, 2.75) is 0 Å². The first-order chi connectivity index (χ1) is 10.1. The van der Waals surface area contributed by atoms with Gasteiger partial charge in [0, 0.05) is 11.1 Å². The van der Waals surface area contributed by atoms with Crippen molar-refractivity contribution in [2.75, 3.05) is 5.73 Å². The summed E-state index contributed by atoms with van der Waals surface area (Å²) in [6, 6.07) is 13.9. The van der Waals surface area contributed by atoms with E-state index in [2.05, 4.69) is 9.97 Å². The minimum Gasteiger partial charge on any atom is -0.368 e. The Hall–Kier alpha value is -2.82. The van der Waals surface area contributed by atoms with Crippen molar-refractivity contribution in [1.82, 2.24) is 9.97 Å². The van der Waals surface area contributed by atoms with E-state index in [0.717, 1.165) is 0 Å². The second-order valence-corrected chi connectivity index (χ2v) is 4.46. The van der Waals surface area contributed by atoms with Crippen LogP contribution in [0.2, 0.25) is 0 Å². The van der Waals surface area contributed by atoms with Gasteiger partial charge in [0.2, 0.25) is 5.95 Å². The third kappa shape index (κ3) is 2.58. The molecule has 104 valence electrons. The summed E-state index contributed by atoms with van der Waals surface area (Å²) in [7, 11) is 0. The average molecular weight is 283 g/mol. The zero-order valence-electron chi connectivity index (χ0n) is 10.9. The van der Waals surface area contributed by atoms with E-state index >= 15 is 0 Å². The van der Waals surface area contributed by atoms with Gasteiger partial charge < -0.3 is 5.73 Å². The highest BCUT2D eigenvalue weighted by Gasteiger charge is 2.12. The Labute approximate surface area is 120 Å². The van der Waals surface area contributed by atoms with E-state index in [-0.39, 0.29) is 5.95 Å². The summed E-state index contributed by atoms with van der Waals surface area (Å²) in [6.07, 6.45) is 0. The van der Waals surface area contributed by atoms with Crippen LogP contribution in [-0.2, 0) is 0 Å². The molecule has 0 saturated carbocycles. The minimum atomic E-state index is -0.421. The lowest BCUT2D eigenvalue weighted by Gasteiger charge is -2.07. The quantitative estimate of drug-likeness (QED) is 0.780. The van der Waals surface area contributed by atoms with Gasteiger partial charge in [-0.1, -0.05) is 24.3 Å². The Morgan fingerprint density at radius 1 is 0.714 bits per heavy atom. The summed E-state index contributed by atoms with van der Waals surface area (Å²) < 4.78 is 27.7. The first-order valence-corrected chi connectivity index (χ1v) is 6.29. The van der Waals surface area contributed by atoms with Crippen LogP contribution >= 0.6 is 0 Å². The largest absolute Gasteiger partial charge is 0.368 e. The lowest BCUT2D eigenvalue weighted by molar-refractivity contribution is 0.630. The normalized spacial score (nSPS) is 10.6. The Morgan fingerprint density at radius 3 is 1.57 bits per heavy atom. The number of rotatable bonds is 2. The molecule has 0 amide bonds. The van der Waals surface area contributed by atoms with Gasteiger partial charge in [0.05, 0.1) is 11.4 Å². The molecule has 0 atom stereocenters. The zero-order valence-corrected chi connectivity index (χ0v) is 10.9. The fourth-order valence-electron chi connectivity index (χ4n) is 2.08. The van der Waals surface area contributed by atoms with E-state index in [1.807, 2.05) is 0 Å². The van der Waals surface area contributed by atoms with Gasteiger partial charge in [0.1, 0.15) is 11.6 Å². The number of nitrogens with two attached hydrogens (primary N) is 1. The second-order valence-electron chi connectivity index (χ2n) is 4.46. The molecule has 1 aromatic heterocycles. The monoisotopic (exact) mass is 283 g/mol. The third-order valence-corrected chi connectivity index (χ3v) is 3.04. The maximum Gasteiger partial charge on any atom is 0.221 e. The number of nitrogen functional groups attached to an aromatic ring is 1. The molecule has 0 radical (unpaired) electrons. The fraction of sp³-hybridized carbons (Fsp3) is 0. The van der Waals surface area contributed by atoms with Crippen LogP contribution < -0.4 is 5.73 Å². The predicted molar refractivity (Wildman–Crippen MR) is 77.2 cm³/mol. The molecule has 0 spiro atoms. The molecule has 0 unspecified atom stereocenters. The number of nitrogens with zero attached hydrogens (tertiary/aromatic N) is 2. The van der Waals surface area contributed by atoms with Crippen LogP contribution in [0.15, 0.2) is 54.6 Å². The molecule has 3 nitrogen and oxygen atoms in total. The van der Waals surface area contributed by atoms with Gasteiger partial charge >= 0.3 is 0 Å². The van der Waals surface area contributed by atoms with E-state index < -0.39 is 11.6 Å². The molecule has 0 bridgehead atoms. The average Bonchev–Trinajstić information content (AvgIpc) is 2.47. The number of halogens is 2. The topological polar surface area (TPSA) is 51.8 Å². The Kier molecular flexibility index (Phi) is 3.31. The Morgan fingerprint density at radius 2 is 1.14 bits per heavy atom. The molecule has 1 heterocycles. The van der Waals surface area contributed by atoms with Crippen LogP contribution in [0.25, 0.3) is 22.5 Å². The summed E-state index contributed by atoms with van der Waals surface area (Å²) in [5, 5.41) is 0. The van der Waals surface area contributed by atoms with E-state index in [1.165, 1.54) is 18.2 Å². The minimum absolute atomic E-state index is 0.0333. The van der Waals surface area contributed by atoms with Crippen molar-refractivity contribution in [1.29, 1.82) is 0 Å². The van der Waals surface area contributed by atoms with Crippen LogP contribution in [0.4, 0.5) is 14.7 Å². The highest BCUT2D eigenvalue weighted by Crippen LogP contribution is 2.27. The first kappa shape index (κ1) is 13.2. The molecule has 3 rings (SSSR count). The number of hydrogen-bond acceptors (Lipinski definition) is 3. The van der Waals surface area contributed by atoms with Gasteiger partial charge in [0.15, 0.2) is 0 Å². The van der Waals surface area contributed by atoms with E-state index in [4.69, 9.17) is 5.73 Å². The van der Waals surface area contributed by atoms with Crippen molar-refractivity contribution in [2.24, 2.45) is 0 Å². The molecule has 2 aromatic carbocycles. The molecule has 0 aliphatic rings. The van der Waals surface area contributed by atoms with Gasteiger partial charge in [-0.05, 0) is 30.3 Å². The van der Waals surface area contributed by atoms with Crippen molar-refractivity contribution >= 4 is 5.95 Å². The Bertz CT molecular complexity index is 739. The molecule has 2 N–H and O–H groups in total. The van der Waals surface area contributed by atoms with Crippen LogP contribution in [0.3, 0.4) is 0 Å². The van der Waals surface area contributed by atoms with Gasteiger partial charge in [-0.2, -0.15) is 0 Å². The molecule has 0 aliphatic heterocycles. The number of hydrogen-bond donors (Lipinski definition) is 1. The SMILES string of the molecule is Nc1nc(-c2ccccc2F)cc(-c2ccccc2F)n1. The van der Waals surface area contributed by atoms with Gasteiger partial charge in [-0.25, -0.2) is 18.7 Å². The first-order valence-electron chi connectivity index (χ1n) is 6.29. The molecule has 3 aromatic rings. The van der Waals surface area contributed by atoms with Crippen LogP contribution in [0, 0.1) is 11.6 Å². The van der Waals surface area contributed by atoms with Gasteiger partial charge in [-0.15, -0.1) is 0 Å². The predicted octanol–water partition coefficient (Wildman–Crippen LogP) is 3.67. The number of benzene rings is 2. The highest BCUT2D eigenvalue weighted by molar-refractivity contribution is 5.69. The van der Waals surface area contributed by atoms with Gasteiger partial charge in [0.25, 0.3) is 0 Å².